The van der Waals surface area contributed by atoms with Crippen LogP contribution in [-0.4, -0.2) is 43.5 Å². The molecule has 0 aliphatic heterocycles. The van der Waals surface area contributed by atoms with E-state index in [0.717, 1.165) is 11.4 Å². The number of rotatable bonds is 5. The Morgan fingerprint density at radius 2 is 1.95 bits per heavy atom. The van der Waals surface area contributed by atoms with Crippen molar-refractivity contribution in [2.45, 2.75) is 20.0 Å². The molecular formula is C14H22N4O2. The summed E-state index contributed by atoms with van der Waals surface area (Å²) in [5, 5.41) is 2.92. The van der Waals surface area contributed by atoms with Gasteiger partial charge in [0.2, 0.25) is 5.91 Å². The molecule has 0 aromatic heterocycles. The van der Waals surface area contributed by atoms with Gasteiger partial charge in [-0.05, 0) is 38.1 Å². The number of carbonyl (C=O) groups is 1. The summed E-state index contributed by atoms with van der Waals surface area (Å²) in [5.74, 6) is 0.900. The van der Waals surface area contributed by atoms with Gasteiger partial charge < -0.3 is 20.7 Å². The first-order chi connectivity index (χ1) is 9.38. The molecule has 6 nitrogen and oxygen atoms in total. The van der Waals surface area contributed by atoms with Crippen LogP contribution in [0.3, 0.4) is 0 Å². The highest BCUT2D eigenvalue weighted by Crippen LogP contribution is 2.16. The van der Waals surface area contributed by atoms with Crippen molar-refractivity contribution in [1.82, 2.24) is 4.90 Å². The molecular weight excluding hydrogens is 256 g/mol. The predicted molar refractivity (Wildman–Crippen MR) is 81.0 cm³/mol. The Hall–Kier alpha value is -2.24. The maximum absolute atomic E-state index is 11.4. The van der Waals surface area contributed by atoms with Crippen LogP contribution >= 0.6 is 0 Å². The van der Waals surface area contributed by atoms with E-state index in [0.29, 0.717) is 0 Å². The zero-order chi connectivity index (χ0) is 15.1. The molecule has 1 amide bonds. The van der Waals surface area contributed by atoms with Crippen LogP contribution in [0.1, 0.15) is 13.8 Å². The van der Waals surface area contributed by atoms with E-state index in [1.807, 2.05) is 38.1 Å². The summed E-state index contributed by atoms with van der Waals surface area (Å²) >= 11 is 0. The summed E-state index contributed by atoms with van der Waals surface area (Å²) in [4.78, 5) is 16.8. The smallest absolute Gasteiger partial charge is 0.243 e. The highest BCUT2D eigenvalue weighted by Gasteiger charge is 2.03. The maximum atomic E-state index is 11.4. The summed E-state index contributed by atoms with van der Waals surface area (Å²) in [5.41, 5.74) is 6.50. The van der Waals surface area contributed by atoms with E-state index in [1.165, 1.54) is 4.90 Å². The van der Waals surface area contributed by atoms with Crippen molar-refractivity contribution in [3.63, 3.8) is 0 Å². The van der Waals surface area contributed by atoms with E-state index in [9.17, 15) is 4.79 Å². The van der Waals surface area contributed by atoms with Crippen molar-refractivity contribution < 1.29 is 9.53 Å². The summed E-state index contributed by atoms with van der Waals surface area (Å²) in [7, 11) is 3.35. The average Bonchev–Trinajstić information content (AvgIpc) is 2.37. The number of hydrogen-bond acceptors (Lipinski definition) is 3. The fraction of sp³-hybridized carbons (Fsp3) is 0.429. The third kappa shape index (κ3) is 5.60. The molecule has 0 heterocycles. The van der Waals surface area contributed by atoms with E-state index in [1.54, 1.807) is 14.1 Å². The minimum atomic E-state index is -0.101. The fourth-order valence-corrected chi connectivity index (χ4v) is 1.37. The molecule has 0 aliphatic carbocycles. The van der Waals surface area contributed by atoms with Gasteiger partial charge in [0.25, 0.3) is 0 Å². The lowest BCUT2D eigenvalue weighted by atomic mass is 10.3. The second kappa shape index (κ2) is 7.37. The highest BCUT2D eigenvalue weighted by atomic mass is 16.5. The molecule has 1 rings (SSSR count). The standard InChI is InChI=1S/C14H22N4O2/c1-10(2)20-12-7-5-11(6-8-12)17-14(15)16-9-13(19)18(3)4/h5-8,10H,9H2,1-4H3,(H3,15,16,17). The normalized spacial score (nSPS) is 11.3. The Kier molecular flexibility index (Phi) is 5.83. The molecule has 3 N–H and O–H groups in total. The van der Waals surface area contributed by atoms with Crippen LogP contribution in [0.5, 0.6) is 5.75 Å². The molecule has 0 spiro atoms. The van der Waals surface area contributed by atoms with Gasteiger partial charge in [0.15, 0.2) is 5.96 Å². The van der Waals surface area contributed by atoms with E-state index in [4.69, 9.17) is 10.5 Å². The number of benzene rings is 1. The molecule has 20 heavy (non-hydrogen) atoms. The van der Waals surface area contributed by atoms with E-state index >= 15 is 0 Å². The second-order valence-electron chi connectivity index (χ2n) is 4.81. The minimum absolute atomic E-state index is 0.0282. The Balaban J connectivity index is 2.55. The summed E-state index contributed by atoms with van der Waals surface area (Å²) < 4.78 is 5.54. The Labute approximate surface area is 119 Å². The maximum Gasteiger partial charge on any atom is 0.243 e. The van der Waals surface area contributed by atoms with Gasteiger partial charge in [0.05, 0.1) is 6.10 Å². The van der Waals surface area contributed by atoms with Crippen LogP contribution in [0.4, 0.5) is 5.69 Å². The van der Waals surface area contributed by atoms with Gasteiger partial charge in [0.1, 0.15) is 12.3 Å². The molecule has 0 saturated heterocycles. The first kappa shape index (κ1) is 15.8. The summed E-state index contributed by atoms with van der Waals surface area (Å²) in [6.45, 7) is 3.97. The van der Waals surface area contributed by atoms with Gasteiger partial charge in [-0.3, -0.25) is 4.79 Å². The number of guanidine groups is 1. The quantitative estimate of drug-likeness (QED) is 0.628. The van der Waals surface area contributed by atoms with Gasteiger partial charge in [-0.15, -0.1) is 0 Å². The van der Waals surface area contributed by atoms with Crippen molar-refractivity contribution in [1.29, 1.82) is 0 Å². The number of amides is 1. The monoisotopic (exact) mass is 278 g/mol. The van der Waals surface area contributed by atoms with Crippen molar-refractivity contribution in [2.75, 3.05) is 26.0 Å². The van der Waals surface area contributed by atoms with E-state index in [-0.39, 0.29) is 24.5 Å². The number of ether oxygens (including phenoxy) is 1. The molecule has 1 aromatic carbocycles. The average molecular weight is 278 g/mol. The lowest BCUT2D eigenvalue weighted by molar-refractivity contribution is -0.127. The third-order valence-corrected chi connectivity index (χ3v) is 2.38. The minimum Gasteiger partial charge on any atom is -0.491 e. The molecule has 0 aliphatic rings. The van der Waals surface area contributed by atoms with Crippen LogP contribution in [0.15, 0.2) is 29.3 Å². The predicted octanol–water partition coefficient (Wildman–Crippen LogP) is 1.29. The van der Waals surface area contributed by atoms with Crippen LogP contribution in [-0.2, 0) is 4.79 Å². The van der Waals surface area contributed by atoms with Crippen molar-refractivity contribution >= 4 is 17.6 Å². The first-order valence-corrected chi connectivity index (χ1v) is 6.42. The number of likely N-dealkylation sites (N-methyl/N-ethyl adjacent to an activating group) is 1. The molecule has 110 valence electrons. The Morgan fingerprint density at radius 3 is 2.45 bits per heavy atom. The van der Waals surface area contributed by atoms with Crippen molar-refractivity contribution in [2.24, 2.45) is 10.7 Å². The van der Waals surface area contributed by atoms with Gasteiger partial charge in [-0.25, -0.2) is 4.99 Å². The van der Waals surface area contributed by atoms with Crippen molar-refractivity contribution in [3.05, 3.63) is 24.3 Å². The molecule has 6 heteroatoms. The lowest BCUT2D eigenvalue weighted by Crippen LogP contribution is -2.28. The number of nitrogens with two attached hydrogens (primary N) is 1. The SMILES string of the molecule is CC(C)Oc1ccc(NC(N)=NCC(=O)N(C)C)cc1. The fourth-order valence-electron chi connectivity index (χ4n) is 1.37. The van der Waals surface area contributed by atoms with E-state index < -0.39 is 0 Å². The largest absolute Gasteiger partial charge is 0.491 e. The summed E-state index contributed by atoms with van der Waals surface area (Å²) in [6.07, 6.45) is 0.137. The Morgan fingerprint density at radius 1 is 1.35 bits per heavy atom. The molecule has 0 bridgehead atoms. The second-order valence-corrected chi connectivity index (χ2v) is 4.81. The third-order valence-electron chi connectivity index (χ3n) is 2.38. The number of nitrogens with zero attached hydrogens (tertiary/aromatic N) is 2. The highest BCUT2D eigenvalue weighted by molar-refractivity contribution is 5.93. The van der Waals surface area contributed by atoms with Gasteiger partial charge in [-0.1, -0.05) is 0 Å². The van der Waals surface area contributed by atoms with Gasteiger partial charge >= 0.3 is 0 Å². The molecule has 1 aromatic rings. The number of nitrogens with one attached hydrogen (secondary N) is 1. The zero-order valence-electron chi connectivity index (χ0n) is 12.4. The molecule has 0 atom stereocenters. The van der Waals surface area contributed by atoms with Crippen LogP contribution in [0.25, 0.3) is 0 Å². The van der Waals surface area contributed by atoms with Crippen molar-refractivity contribution in [3.8, 4) is 5.75 Å². The molecule has 0 unspecified atom stereocenters. The Bertz CT molecular complexity index is 467. The van der Waals surface area contributed by atoms with Crippen LogP contribution < -0.4 is 15.8 Å². The van der Waals surface area contributed by atoms with Crippen LogP contribution in [0, 0.1) is 0 Å². The van der Waals surface area contributed by atoms with Gasteiger partial charge in [-0.2, -0.15) is 0 Å². The van der Waals surface area contributed by atoms with Gasteiger partial charge in [0, 0.05) is 19.8 Å². The van der Waals surface area contributed by atoms with E-state index in [2.05, 4.69) is 10.3 Å². The first-order valence-electron chi connectivity index (χ1n) is 6.42. The lowest BCUT2D eigenvalue weighted by Gasteiger charge is -2.11. The number of carbonyl (C=O) groups excluding carboxylic acids is 1. The zero-order valence-corrected chi connectivity index (χ0v) is 12.4. The molecule has 0 fully saturated rings. The number of anilines is 1. The number of aliphatic imine (C=N–C) groups is 1. The topological polar surface area (TPSA) is 80.0 Å². The number of hydrogen-bond donors (Lipinski definition) is 2. The molecule has 0 saturated carbocycles. The van der Waals surface area contributed by atoms with Crippen LogP contribution in [0.2, 0.25) is 0 Å². The molecule has 0 radical (unpaired) electrons. The summed E-state index contributed by atoms with van der Waals surface area (Å²) in [6, 6.07) is 7.38.